The normalized spacial score (nSPS) is 11.0. The molecule has 6 nitrogen and oxygen atoms in total. The number of aryl methyl sites for hydroxylation is 1. The molecule has 0 amide bonds. The predicted octanol–water partition coefficient (Wildman–Crippen LogP) is 7.32. The van der Waals surface area contributed by atoms with Gasteiger partial charge in [0.15, 0.2) is 0 Å². The van der Waals surface area contributed by atoms with Crippen molar-refractivity contribution in [1.82, 2.24) is 15.0 Å². The molecule has 182 valence electrons. The van der Waals surface area contributed by atoms with Crippen LogP contribution in [0.5, 0.6) is 5.75 Å². The second-order valence-electron chi connectivity index (χ2n) is 8.44. The van der Waals surface area contributed by atoms with Gasteiger partial charge in [-0.2, -0.15) is 0 Å². The van der Waals surface area contributed by atoms with E-state index >= 15 is 0 Å². The Bertz CT molecular complexity index is 838. The van der Waals surface area contributed by atoms with Crippen molar-refractivity contribution in [3.8, 4) is 5.75 Å². The molecule has 8 heteroatoms. The molecule has 33 heavy (non-hydrogen) atoms. The Morgan fingerprint density at radius 3 is 1.85 bits per heavy atom. The fourth-order valence-corrected chi connectivity index (χ4v) is 3.91. The topological polar surface area (TPSA) is 74.1 Å². The molecule has 2 aromatic rings. The highest BCUT2D eigenvalue weighted by molar-refractivity contribution is 6.69. The Morgan fingerprint density at radius 1 is 0.818 bits per heavy atom. The third kappa shape index (κ3) is 11.2. The maximum absolute atomic E-state index is 11.4. The monoisotopic (exact) mass is 495 g/mol. The highest BCUT2D eigenvalue weighted by atomic mass is 35.5. The van der Waals surface area contributed by atoms with Crippen molar-refractivity contribution >= 4 is 33.7 Å². The van der Waals surface area contributed by atoms with Crippen molar-refractivity contribution in [2.45, 2.75) is 97.1 Å². The minimum atomic E-state index is -0.687. The number of nitrogens with zero attached hydrogens (tertiary/aromatic N) is 3. The van der Waals surface area contributed by atoms with E-state index in [4.69, 9.17) is 27.9 Å². The van der Waals surface area contributed by atoms with E-state index in [-0.39, 0.29) is 17.7 Å². The van der Waals surface area contributed by atoms with Gasteiger partial charge in [0.1, 0.15) is 18.1 Å². The van der Waals surface area contributed by atoms with Gasteiger partial charge in [0.2, 0.25) is 0 Å². The summed E-state index contributed by atoms with van der Waals surface area (Å²) >= 11 is 11.0. The van der Waals surface area contributed by atoms with Gasteiger partial charge in [0, 0.05) is 17.7 Å². The van der Waals surface area contributed by atoms with Crippen LogP contribution in [0.15, 0.2) is 24.4 Å². The van der Waals surface area contributed by atoms with Crippen LogP contribution in [0.1, 0.15) is 110 Å². The molecular formula is C25H35Cl2N3O3. The fourth-order valence-electron chi connectivity index (χ4n) is 3.70. The molecule has 0 bridgehead atoms. The summed E-state index contributed by atoms with van der Waals surface area (Å²) in [6.45, 7) is 3.24. The third-order valence-corrected chi connectivity index (χ3v) is 6.01. The molecule has 0 aliphatic rings. The lowest BCUT2D eigenvalue weighted by molar-refractivity contribution is 0.108. The molecule has 1 heterocycles. The van der Waals surface area contributed by atoms with E-state index in [1.807, 2.05) is 10.9 Å². The lowest BCUT2D eigenvalue weighted by atomic mass is 10.1. The summed E-state index contributed by atoms with van der Waals surface area (Å²) < 4.78 is 7.49. The third-order valence-electron chi connectivity index (χ3n) is 5.57. The molecule has 0 saturated heterocycles. The molecule has 0 saturated carbocycles. The average Bonchev–Trinajstić information content (AvgIpc) is 3.26. The van der Waals surface area contributed by atoms with Crippen molar-refractivity contribution in [2.75, 3.05) is 0 Å². The zero-order valence-electron chi connectivity index (χ0n) is 19.5. The summed E-state index contributed by atoms with van der Waals surface area (Å²) in [6, 6.07) is 4.27. The molecule has 0 radical (unpaired) electrons. The largest absolute Gasteiger partial charge is 0.487 e. The van der Waals surface area contributed by atoms with Crippen LogP contribution >= 0.6 is 23.2 Å². The number of carbonyl (C=O) groups excluding carboxylic acids is 2. The van der Waals surface area contributed by atoms with Crippen LogP contribution in [-0.4, -0.2) is 25.5 Å². The van der Waals surface area contributed by atoms with Gasteiger partial charge < -0.3 is 4.74 Å². The summed E-state index contributed by atoms with van der Waals surface area (Å²) in [4.78, 5) is 22.9. The SMILES string of the molecule is CCCCCCCCCCCCCCn1cc(COc2cc(C(=O)Cl)cc(C(=O)Cl)c2)nn1. The van der Waals surface area contributed by atoms with Crippen LogP contribution in [0, 0.1) is 0 Å². The van der Waals surface area contributed by atoms with Crippen molar-refractivity contribution in [3.05, 3.63) is 41.2 Å². The Morgan fingerprint density at radius 2 is 1.33 bits per heavy atom. The minimum Gasteiger partial charge on any atom is -0.487 e. The lowest BCUT2D eigenvalue weighted by Crippen LogP contribution is -2.01. The molecule has 0 unspecified atom stereocenters. The second kappa shape index (κ2) is 15.8. The molecule has 0 aliphatic carbocycles. The van der Waals surface area contributed by atoms with E-state index < -0.39 is 10.5 Å². The van der Waals surface area contributed by atoms with Crippen LogP contribution in [0.2, 0.25) is 0 Å². The molecule has 1 aromatic carbocycles. The summed E-state index contributed by atoms with van der Waals surface area (Å²) in [5.74, 6) is 0.320. The smallest absolute Gasteiger partial charge is 0.252 e. The van der Waals surface area contributed by atoms with Crippen molar-refractivity contribution < 1.29 is 14.3 Å². The predicted molar refractivity (Wildman–Crippen MR) is 132 cm³/mol. The maximum atomic E-state index is 11.4. The average molecular weight is 496 g/mol. The van der Waals surface area contributed by atoms with Gasteiger partial charge in [0.25, 0.3) is 10.5 Å². The Hall–Kier alpha value is -1.92. The molecule has 2 rings (SSSR count). The zero-order valence-corrected chi connectivity index (χ0v) is 21.0. The minimum absolute atomic E-state index is 0.147. The van der Waals surface area contributed by atoms with E-state index in [0.717, 1.165) is 13.0 Å². The Labute approximate surface area is 207 Å². The quantitative estimate of drug-likeness (QED) is 0.160. The van der Waals surface area contributed by atoms with Crippen molar-refractivity contribution in [3.63, 3.8) is 0 Å². The molecule has 0 N–H and O–H groups in total. The number of rotatable bonds is 18. The van der Waals surface area contributed by atoms with E-state index in [9.17, 15) is 9.59 Å². The van der Waals surface area contributed by atoms with E-state index in [2.05, 4.69) is 17.2 Å². The van der Waals surface area contributed by atoms with Gasteiger partial charge >= 0.3 is 0 Å². The Kier molecular flexibility index (Phi) is 13.1. The highest BCUT2D eigenvalue weighted by Gasteiger charge is 2.12. The molecule has 0 aliphatic heterocycles. The van der Waals surface area contributed by atoms with Gasteiger partial charge in [-0.1, -0.05) is 82.8 Å². The summed E-state index contributed by atoms with van der Waals surface area (Å²) in [6.07, 6.45) is 17.6. The van der Waals surface area contributed by atoms with E-state index in [0.29, 0.717) is 11.4 Å². The molecule has 0 spiro atoms. The van der Waals surface area contributed by atoms with Crippen LogP contribution in [0.3, 0.4) is 0 Å². The van der Waals surface area contributed by atoms with E-state index in [1.54, 1.807) is 0 Å². The number of benzene rings is 1. The zero-order chi connectivity index (χ0) is 23.9. The first-order valence-corrected chi connectivity index (χ1v) is 12.8. The highest BCUT2D eigenvalue weighted by Crippen LogP contribution is 2.21. The summed E-state index contributed by atoms with van der Waals surface area (Å²) in [5.41, 5.74) is 0.956. The molecule has 0 atom stereocenters. The van der Waals surface area contributed by atoms with Gasteiger partial charge in [0.05, 0.1) is 6.20 Å². The Balaban J connectivity index is 1.62. The molecule has 0 fully saturated rings. The molecular weight excluding hydrogens is 461 g/mol. The van der Waals surface area contributed by atoms with Gasteiger partial charge in [-0.25, -0.2) is 0 Å². The summed E-state index contributed by atoms with van der Waals surface area (Å²) in [5, 5.41) is 6.89. The van der Waals surface area contributed by atoms with Crippen LogP contribution in [-0.2, 0) is 13.2 Å². The number of hydrogen-bond donors (Lipinski definition) is 0. The number of ether oxygens (including phenoxy) is 1. The number of carbonyl (C=O) groups is 2. The molecule has 1 aromatic heterocycles. The van der Waals surface area contributed by atoms with Gasteiger partial charge in [-0.15, -0.1) is 5.10 Å². The number of aromatic nitrogens is 3. The standard InChI is InChI=1S/C25H35Cl2N3O3/c1-2-3-4-5-6-7-8-9-10-11-12-13-14-30-18-22(28-29-30)19-33-23-16-20(24(26)31)15-21(17-23)25(27)32/h15-18H,2-14,19H2,1H3. The number of unbranched alkanes of at least 4 members (excludes halogenated alkanes) is 11. The van der Waals surface area contributed by atoms with Gasteiger partial charge in [-0.05, 0) is 47.8 Å². The number of halogens is 2. The first kappa shape index (κ1) is 27.3. The van der Waals surface area contributed by atoms with E-state index in [1.165, 1.54) is 88.8 Å². The van der Waals surface area contributed by atoms with Gasteiger partial charge in [-0.3, -0.25) is 14.3 Å². The fraction of sp³-hybridized carbons (Fsp3) is 0.600. The first-order chi connectivity index (χ1) is 16.0. The number of hydrogen-bond acceptors (Lipinski definition) is 5. The van der Waals surface area contributed by atoms with Crippen molar-refractivity contribution in [2.24, 2.45) is 0 Å². The first-order valence-electron chi connectivity index (χ1n) is 12.1. The summed E-state index contributed by atoms with van der Waals surface area (Å²) in [7, 11) is 0. The lowest BCUT2D eigenvalue weighted by Gasteiger charge is -2.07. The van der Waals surface area contributed by atoms with Crippen LogP contribution in [0.4, 0.5) is 0 Å². The second-order valence-corrected chi connectivity index (χ2v) is 9.13. The van der Waals surface area contributed by atoms with Crippen molar-refractivity contribution in [1.29, 1.82) is 0 Å². The van der Waals surface area contributed by atoms with Crippen LogP contribution < -0.4 is 4.74 Å². The van der Waals surface area contributed by atoms with Crippen LogP contribution in [0.25, 0.3) is 0 Å². The maximum Gasteiger partial charge on any atom is 0.252 e.